The van der Waals surface area contributed by atoms with Crippen LogP contribution < -0.4 is 9.80 Å². The van der Waals surface area contributed by atoms with Gasteiger partial charge in [0.2, 0.25) is 5.91 Å². The van der Waals surface area contributed by atoms with E-state index in [4.69, 9.17) is 17.0 Å². The second kappa shape index (κ2) is 8.47. The fourth-order valence-electron chi connectivity index (χ4n) is 3.40. The van der Waals surface area contributed by atoms with Crippen LogP contribution in [0.25, 0.3) is 0 Å². The number of carbonyl (C=O) groups is 1. The third-order valence-electron chi connectivity index (χ3n) is 4.97. The molecule has 1 aliphatic heterocycles. The molecule has 1 aliphatic rings. The highest BCUT2D eigenvalue weighted by Gasteiger charge is 2.36. The van der Waals surface area contributed by atoms with Crippen LogP contribution in [0.5, 0.6) is 0 Å². The minimum Gasteiger partial charge on any atom is -0.331 e. The summed E-state index contributed by atoms with van der Waals surface area (Å²) in [5.74, 6) is -0.929. The number of carbonyl (C=O) groups excluding carboxylic acids is 1. The number of amidine groups is 1. The Bertz CT molecular complexity index is 1100. The molecule has 7 heteroatoms. The smallest absolute Gasteiger partial charge is 0.247 e. The van der Waals surface area contributed by atoms with Gasteiger partial charge in [0.1, 0.15) is 11.8 Å². The predicted molar refractivity (Wildman–Crippen MR) is 121 cm³/mol. The molecule has 0 aliphatic carbocycles. The molecule has 2 aromatic carbocycles. The van der Waals surface area contributed by atoms with Crippen LogP contribution >= 0.6 is 11.6 Å². The molecule has 4 rings (SSSR count). The lowest BCUT2D eigenvalue weighted by atomic mass is 10.1. The van der Waals surface area contributed by atoms with E-state index < -0.39 is 5.92 Å². The Balaban J connectivity index is 1.76. The summed E-state index contributed by atoms with van der Waals surface area (Å²) in [7, 11) is 1.78. The van der Waals surface area contributed by atoms with Crippen molar-refractivity contribution < 1.29 is 4.79 Å². The zero-order chi connectivity index (χ0) is 21.1. The quantitative estimate of drug-likeness (QED) is 0.624. The summed E-state index contributed by atoms with van der Waals surface area (Å²) in [5, 5.41) is 9.21. The topological polar surface area (TPSA) is 72.6 Å². The van der Waals surface area contributed by atoms with Crippen molar-refractivity contribution in [1.29, 1.82) is 5.41 Å². The first-order chi connectivity index (χ1) is 14.6. The Morgan fingerprint density at radius 1 is 1.10 bits per heavy atom. The van der Waals surface area contributed by atoms with E-state index in [9.17, 15) is 4.79 Å². The number of fused-ring (bicyclic) bond motifs is 1. The number of benzene rings is 2. The van der Waals surface area contributed by atoms with Gasteiger partial charge in [0.15, 0.2) is 0 Å². The highest BCUT2D eigenvalue weighted by atomic mass is 35.5. The van der Waals surface area contributed by atoms with Gasteiger partial charge in [0.25, 0.3) is 0 Å². The fourth-order valence-corrected chi connectivity index (χ4v) is 3.57. The number of anilines is 3. The van der Waals surface area contributed by atoms with Crippen LogP contribution in [-0.4, -0.2) is 30.0 Å². The van der Waals surface area contributed by atoms with Gasteiger partial charge in [-0.15, -0.1) is 0 Å². The molecule has 1 N–H and O–H groups in total. The summed E-state index contributed by atoms with van der Waals surface area (Å²) in [6.07, 6.45) is 4.97. The van der Waals surface area contributed by atoms with Gasteiger partial charge in [-0.25, -0.2) is 0 Å². The maximum absolute atomic E-state index is 13.6. The van der Waals surface area contributed by atoms with E-state index >= 15 is 0 Å². The molecule has 1 amide bonds. The molecule has 3 aromatic rings. The first-order valence-corrected chi connectivity index (χ1v) is 9.83. The summed E-state index contributed by atoms with van der Waals surface area (Å²) in [5.41, 5.74) is 3.06. The molecule has 0 radical (unpaired) electrons. The van der Waals surface area contributed by atoms with Crippen LogP contribution in [0.4, 0.5) is 17.1 Å². The highest BCUT2D eigenvalue weighted by Crippen LogP contribution is 2.40. The van der Waals surface area contributed by atoms with Gasteiger partial charge in [0.05, 0.1) is 17.9 Å². The SMILES string of the molecule is CN1C(=N)C(C=NCc2ccncc2)C(=O)N(c2ccccc2)c2cc(Cl)ccc21. The monoisotopic (exact) mass is 417 g/mol. The number of para-hydroxylation sites is 1. The van der Waals surface area contributed by atoms with Gasteiger partial charge in [0, 0.05) is 36.4 Å². The third kappa shape index (κ3) is 3.82. The Hall–Kier alpha value is -3.51. The van der Waals surface area contributed by atoms with E-state index in [1.165, 1.54) is 0 Å². The van der Waals surface area contributed by atoms with Crippen molar-refractivity contribution in [1.82, 2.24) is 4.98 Å². The maximum atomic E-state index is 13.6. The molecule has 150 valence electrons. The standard InChI is InChI=1S/C23H20ClN5O/c1-28-20-8-7-17(24)13-21(20)29(18-5-3-2-4-6-18)23(30)19(22(28)25)15-27-14-16-9-11-26-12-10-16/h2-13,15,19,25H,14H2,1H3. The largest absolute Gasteiger partial charge is 0.331 e. The third-order valence-corrected chi connectivity index (χ3v) is 5.21. The van der Waals surface area contributed by atoms with Gasteiger partial charge in [-0.1, -0.05) is 29.8 Å². The fraction of sp³-hybridized carbons (Fsp3) is 0.130. The van der Waals surface area contributed by atoms with Crippen molar-refractivity contribution >= 4 is 46.6 Å². The minimum atomic E-state index is -0.830. The average Bonchev–Trinajstić information content (AvgIpc) is 2.84. The summed E-state index contributed by atoms with van der Waals surface area (Å²) in [6, 6.07) is 18.5. The molecule has 0 saturated carbocycles. The molecule has 1 aromatic heterocycles. The Labute approximate surface area is 180 Å². The van der Waals surface area contributed by atoms with Crippen LogP contribution in [0.2, 0.25) is 5.02 Å². The normalized spacial score (nSPS) is 16.7. The van der Waals surface area contributed by atoms with Crippen molar-refractivity contribution in [2.24, 2.45) is 10.9 Å². The predicted octanol–water partition coefficient (Wildman–Crippen LogP) is 4.71. The summed E-state index contributed by atoms with van der Waals surface area (Å²) in [6.45, 7) is 0.410. The Morgan fingerprint density at radius 2 is 1.83 bits per heavy atom. The van der Waals surface area contributed by atoms with E-state index in [-0.39, 0.29) is 11.7 Å². The Morgan fingerprint density at radius 3 is 2.57 bits per heavy atom. The van der Waals surface area contributed by atoms with Crippen LogP contribution in [0.3, 0.4) is 0 Å². The van der Waals surface area contributed by atoms with Crippen molar-refractivity contribution in [3.05, 3.63) is 83.6 Å². The molecule has 0 fully saturated rings. The number of pyridine rings is 1. The number of aliphatic imine (C=N–C) groups is 1. The molecule has 1 unspecified atom stereocenters. The van der Waals surface area contributed by atoms with E-state index in [1.807, 2.05) is 48.5 Å². The van der Waals surface area contributed by atoms with Crippen molar-refractivity contribution in [2.75, 3.05) is 16.8 Å². The van der Waals surface area contributed by atoms with Gasteiger partial charge in [-0.05, 0) is 48.0 Å². The van der Waals surface area contributed by atoms with E-state index in [2.05, 4.69) is 9.98 Å². The van der Waals surface area contributed by atoms with Gasteiger partial charge < -0.3 is 4.90 Å². The van der Waals surface area contributed by atoms with Crippen LogP contribution in [0.15, 0.2) is 78.0 Å². The molecule has 6 nitrogen and oxygen atoms in total. The number of amides is 1. The van der Waals surface area contributed by atoms with Crippen molar-refractivity contribution in [3.8, 4) is 0 Å². The number of nitrogens with one attached hydrogen (secondary N) is 1. The zero-order valence-corrected chi connectivity index (χ0v) is 17.1. The summed E-state index contributed by atoms with van der Waals surface area (Å²) >= 11 is 6.26. The lowest BCUT2D eigenvalue weighted by Gasteiger charge is -2.24. The second-order valence-corrected chi connectivity index (χ2v) is 7.35. The molecule has 2 heterocycles. The molecule has 30 heavy (non-hydrogen) atoms. The number of aromatic nitrogens is 1. The van der Waals surface area contributed by atoms with E-state index in [1.54, 1.807) is 47.6 Å². The van der Waals surface area contributed by atoms with E-state index in [0.29, 0.717) is 22.9 Å². The lowest BCUT2D eigenvalue weighted by molar-refractivity contribution is -0.118. The molecule has 0 spiro atoms. The van der Waals surface area contributed by atoms with Crippen LogP contribution in [-0.2, 0) is 11.3 Å². The minimum absolute atomic E-state index is 0.153. The van der Waals surface area contributed by atoms with Gasteiger partial charge >= 0.3 is 0 Å². The van der Waals surface area contributed by atoms with Crippen LogP contribution in [0, 0.1) is 11.3 Å². The molecular weight excluding hydrogens is 398 g/mol. The highest BCUT2D eigenvalue weighted by molar-refractivity contribution is 6.32. The van der Waals surface area contributed by atoms with E-state index in [0.717, 1.165) is 11.3 Å². The number of halogens is 1. The summed E-state index contributed by atoms with van der Waals surface area (Å²) in [4.78, 5) is 25.4. The Kier molecular flexibility index (Phi) is 5.59. The van der Waals surface area contributed by atoms with Crippen molar-refractivity contribution in [3.63, 3.8) is 0 Å². The molecular formula is C23H20ClN5O. The van der Waals surface area contributed by atoms with Crippen molar-refractivity contribution in [2.45, 2.75) is 6.54 Å². The zero-order valence-electron chi connectivity index (χ0n) is 16.4. The second-order valence-electron chi connectivity index (χ2n) is 6.91. The number of nitrogens with zero attached hydrogens (tertiary/aromatic N) is 4. The molecule has 0 saturated heterocycles. The number of hydrogen-bond donors (Lipinski definition) is 1. The first-order valence-electron chi connectivity index (χ1n) is 9.46. The lowest BCUT2D eigenvalue weighted by Crippen LogP contribution is -2.39. The summed E-state index contributed by atoms with van der Waals surface area (Å²) < 4.78 is 0. The number of rotatable bonds is 4. The maximum Gasteiger partial charge on any atom is 0.247 e. The first kappa shape index (κ1) is 19.8. The molecule has 1 atom stereocenters. The number of hydrogen-bond acceptors (Lipinski definition) is 4. The van der Waals surface area contributed by atoms with Crippen LogP contribution in [0.1, 0.15) is 5.56 Å². The van der Waals surface area contributed by atoms with Gasteiger partial charge in [-0.2, -0.15) is 0 Å². The van der Waals surface area contributed by atoms with Gasteiger partial charge in [-0.3, -0.25) is 25.1 Å². The molecule has 0 bridgehead atoms. The average molecular weight is 418 g/mol.